The van der Waals surface area contributed by atoms with Crippen molar-refractivity contribution in [2.75, 3.05) is 0 Å². The third-order valence-corrected chi connectivity index (χ3v) is 3.91. The van der Waals surface area contributed by atoms with Crippen LogP contribution in [0.3, 0.4) is 0 Å². The first-order valence-corrected chi connectivity index (χ1v) is 7.57. The van der Waals surface area contributed by atoms with Crippen LogP contribution in [0.25, 0.3) is 6.08 Å². The Balaban J connectivity index is 2.31. The molecule has 0 N–H and O–H groups in total. The molecule has 0 atom stereocenters. The normalized spacial score (nSPS) is 10.1. The van der Waals surface area contributed by atoms with E-state index in [-0.39, 0.29) is 16.2 Å². The molecule has 2 aromatic rings. The molecule has 0 radical (unpaired) electrons. The van der Waals surface area contributed by atoms with Crippen LogP contribution in [-0.4, -0.2) is 8.42 Å². The lowest BCUT2D eigenvalue weighted by atomic mass is 10.1. The Kier molecular flexibility index (Phi) is 4.57. The highest BCUT2D eigenvalue weighted by Gasteiger charge is 2.15. The highest BCUT2D eigenvalue weighted by atomic mass is 32.2. The molecule has 2 rings (SSSR count). The number of allylic oxidation sites excluding steroid dienone is 1. The Labute approximate surface area is 128 Å². The second-order valence-corrected chi connectivity index (χ2v) is 5.75. The first-order chi connectivity index (χ1) is 10.5. The van der Waals surface area contributed by atoms with E-state index in [4.69, 9.17) is 14.7 Å². The fraction of sp³-hybridized carbons (Fsp3) is 0. The maximum Gasteiger partial charge on any atom is 0.339 e. The minimum atomic E-state index is -3.92. The van der Waals surface area contributed by atoms with Gasteiger partial charge in [0.05, 0.1) is 0 Å². The predicted octanol–water partition coefficient (Wildman–Crippen LogP) is 2.88. The molecular weight excluding hydrogens is 300 g/mol. The number of hydrogen-bond acceptors (Lipinski definition) is 5. The van der Waals surface area contributed by atoms with Gasteiger partial charge in [0.2, 0.25) is 0 Å². The van der Waals surface area contributed by atoms with E-state index < -0.39 is 10.1 Å². The standard InChI is InChI=1S/C16H10N2O3S/c17-11-14(12-18)9-13-5-4-6-15(10-13)21-22(19,20)16-7-2-1-3-8-16/h1-10H. The van der Waals surface area contributed by atoms with Crippen LogP contribution in [0.15, 0.2) is 65.1 Å². The Hall–Kier alpha value is -3.09. The molecule has 0 amide bonds. The molecule has 0 saturated carbocycles. The van der Waals surface area contributed by atoms with Crippen molar-refractivity contribution in [1.29, 1.82) is 10.5 Å². The molecule has 0 bridgehead atoms. The molecule has 0 fully saturated rings. The SMILES string of the molecule is N#CC(C#N)=Cc1cccc(OS(=O)(=O)c2ccccc2)c1. The summed E-state index contributed by atoms with van der Waals surface area (Å²) in [7, 11) is -3.92. The van der Waals surface area contributed by atoms with Crippen molar-refractivity contribution in [3.8, 4) is 17.9 Å². The zero-order valence-electron chi connectivity index (χ0n) is 11.3. The third-order valence-electron chi connectivity index (χ3n) is 2.65. The van der Waals surface area contributed by atoms with Gasteiger partial charge in [-0.05, 0) is 35.9 Å². The summed E-state index contributed by atoms with van der Waals surface area (Å²) >= 11 is 0. The second-order valence-electron chi connectivity index (χ2n) is 4.20. The first-order valence-electron chi connectivity index (χ1n) is 6.16. The molecule has 6 heteroatoms. The molecule has 0 aliphatic carbocycles. The van der Waals surface area contributed by atoms with Crippen LogP contribution in [0.5, 0.6) is 5.75 Å². The quantitative estimate of drug-likeness (QED) is 0.639. The van der Waals surface area contributed by atoms with Crippen molar-refractivity contribution in [3.05, 3.63) is 65.7 Å². The highest BCUT2D eigenvalue weighted by Crippen LogP contribution is 2.20. The summed E-state index contributed by atoms with van der Waals surface area (Å²) in [6, 6.07) is 17.4. The van der Waals surface area contributed by atoms with Gasteiger partial charge in [0, 0.05) is 0 Å². The van der Waals surface area contributed by atoms with Gasteiger partial charge in [0.25, 0.3) is 0 Å². The second kappa shape index (κ2) is 6.57. The topological polar surface area (TPSA) is 90.9 Å². The lowest BCUT2D eigenvalue weighted by Gasteiger charge is -2.07. The van der Waals surface area contributed by atoms with E-state index in [2.05, 4.69) is 0 Å². The predicted molar refractivity (Wildman–Crippen MR) is 79.9 cm³/mol. The minimum Gasteiger partial charge on any atom is -0.379 e. The summed E-state index contributed by atoms with van der Waals surface area (Å²) in [6.07, 6.45) is 1.35. The van der Waals surface area contributed by atoms with Crippen LogP contribution in [0, 0.1) is 22.7 Å². The average molecular weight is 310 g/mol. The van der Waals surface area contributed by atoms with Gasteiger partial charge in [-0.25, -0.2) is 0 Å². The maximum absolute atomic E-state index is 12.1. The molecule has 0 aromatic heterocycles. The van der Waals surface area contributed by atoms with Gasteiger partial charge in [-0.15, -0.1) is 0 Å². The number of rotatable bonds is 4. The lowest BCUT2D eigenvalue weighted by molar-refractivity contribution is 0.486. The Bertz CT molecular complexity index is 873. The molecule has 0 unspecified atom stereocenters. The fourth-order valence-electron chi connectivity index (χ4n) is 1.67. The van der Waals surface area contributed by atoms with Gasteiger partial charge in [0.15, 0.2) is 0 Å². The summed E-state index contributed by atoms with van der Waals surface area (Å²) in [5.41, 5.74) is 0.418. The molecule has 0 heterocycles. The number of hydrogen-bond donors (Lipinski definition) is 0. The molecule has 0 aliphatic rings. The van der Waals surface area contributed by atoms with Crippen molar-refractivity contribution in [2.24, 2.45) is 0 Å². The van der Waals surface area contributed by atoms with E-state index in [0.29, 0.717) is 5.56 Å². The maximum atomic E-state index is 12.1. The number of nitriles is 2. The first kappa shape index (κ1) is 15.3. The Morgan fingerprint density at radius 2 is 1.68 bits per heavy atom. The summed E-state index contributed by atoms with van der Waals surface area (Å²) in [5, 5.41) is 17.4. The fourth-order valence-corrected chi connectivity index (χ4v) is 2.62. The van der Waals surface area contributed by atoms with Crippen molar-refractivity contribution < 1.29 is 12.6 Å². The summed E-state index contributed by atoms with van der Waals surface area (Å²) in [6.45, 7) is 0. The van der Waals surface area contributed by atoms with Crippen molar-refractivity contribution >= 4 is 16.2 Å². The Morgan fingerprint density at radius 1 is 1.00 bits per heavy atom. The monoisotopic (exact) mass is 310 g/mol. The van der Waals surface area contributed by atoms with E-state index in [9.17, 15) is 8.42 Å². The summed E-state index contributed by atoms with van der Waals surface area (Å²) < 4.78 is 29.3. The summed E-state index contributed by atoms with van der Waals surface area (Å²) in [4.78, 5) is 0.0469. The van der Waals surface area contributed by atoms with E-state index in [0.717, 1.165) is 0 Å². The van der Waals surface area contributed by atoms with E-state index in [1.807, 2.05) is 0 Å². The van der Waals surface area contributed by atoms with Gasteiger partial charge in [-0.3, -0.25) is 0 Å². The molecule has 2 aromatic carbocycles. The number of benzene rings is 2. The molecule has 0 spiro atoms. The average Bonchev–Trinajstić information content (AvgIpc) is 2.53. The van der Waals surface area contributed by atoms with E-state index in [1.54, 1.807) is 42.5 Å². The smallest absolute Gasteiger partial charge is 0.339 e. The van der Waals surface area contributed by atoms with Crippen molar-refractivity contribution in [2.45, 2.75) is 4.90 Å². The van der Waals surface area contributed by atoms with Crippen LogP contribution in [0.4, 0.5) is 0 Å². The Morgan fingerprint density at radius 3 is 2.32 bits per heavy atom. The molecule has 22 heavy (non-hydrogen) atoms. The van der Waals surface area contributed by atoms with Gasteiger partial charge < -0.3 is 4.18 Å². The molecule has 108 valence electrons. The van der Waals surface area contributed by atoms with Crippen molar-refractivity contribution in [3.63, 3.8) is 0 Å². The highest BCUT2D eigenvalue weighted by molar-refractivity contribution is 7.87. The van der Waals surface area contributed by atoms with E-state index in [1.165, 1.54) is 30.3 Å². The molecule has 0 aliphatic heterocycles. The van der Waals surface area contributed by atoms with Gasteiger partial charge >= 0.3 is 10.1 Å². The molecule has 0 saturated heterocycles. The molecule has 5 nitrogen and oxygen atoms in total. The van der Waals surface area contributed by atoms with Crippen molar-refractivity contribution in [1.82, 2.24) is 0 Å². The molecular formula is C16H10N2O3S. The third kappa shape index (κ3) is 3.72. The zero-order chi connectivity index (χ0) is 16.0. The largest absolute Gasteiger partial charge is 0.379 e. The minimum absolute atomic E-state index is 0.0469. The number of nitrogens with zero attached hydrogens (tertiary/aromatic N) is 2. The lowest BCUT2D eigenvalue weighted by Crippen LogP contribution is -2.09. The van der Waals surface area contributed by atoms with Gasteiger partial charge in [-0.2, -0.15) is 18.9 Å². The van der Waals surface area contributed by atoms with E-state index >= 15 is 0 Å². The zero-order valence-corrected chi connectivity index (χ0v) is 12.1. The van der Waals surface area contributed by atoms with Crippen LogP contribution in [0.2, 0.25) is 0 Å². The van der Waals surface area contributed by atoms with Crippen LogP contribution in [0.1, 0.15) is 5.56 Å². The van der Waals surface area contributed by atoms with Gasteiger partial charge in [0.1, 0.15) is 28.4 Å². The van der Waals surface area contributed by atoms with Crippen LogP contribution < -0.4 is 4.18 Å². The van der Waals surface area contributed by atoms with Gasteiger partial charge in [-0.1, -0.05) is 30.3 Å². The summed E-state index contributed by atoms with van der Waals surface area (Å²) in [5.74, 6) is 0.104. The van der Waals surface area contributed by atoms with Crippen LogP contribution in [-0.2, 0) is 10.1 Å². The van der Waals surface area contributed by atoms with Crippen LogP contribution >= 0.6 is 0 Å².